The van der Waals surface area contributed by atoms with Crippen molar-refractivity contribution < 1.29 is 28.6 Å². The predicted molar refractivity (Wildman–Crippen MR) is 177 cm³/mol. The van der Waals surface area contributed by atoms with Crippen molar-refractivity contribution in [3.63, 3.8) is 0 Å². The van der Waals surface area contributed by atoms with Gasteiger partial charge in [0.15, 0.2) is 0 Å². The van der Waals surface area contributed by atoms with Gasteiger partial charge in [0.25, 0.3) is 0 Å². The molecule has 2 amide bonds. The van der Waals surface area contributed by atoms with E-state index in [1.165, 1.54) is 0 Å². The average Bonchev–Trinajstić information content (AvgIpc) is 3.43. The predicted octanol–water partition coefficient (Wildman–Crippen LogP) is 8.35. The number of ether oxygens (including phenoxy) is 3. The van der Waals surface area contributed by atoms with Crippen molar-refractivity contribution in [1.29, 1.82) is 0 Å². The third-order valence-corrected chi connectivity index (χ3v) is 6.44. The van der Waals surface area contributed by atoms with Gasteiger partial charge in [0, 0.05) is 18.9 Å². The van der Waals surface area contributed by atoms with E-state index >= 15 is 0 Å². The lowest BCUT2D eigenvalue weighted by Crippen LogP contribution is -2.45. The van der Waals surface area contributed by atoms with Crippen LogP contribution in [0.25, 0.3) is 5.57 Å². The van der Waals surface area contributed by atoms with E-state index in [2.05, 4.69) is 9.98 Å². The maximum absolute atomic E-state index is 13.7. The number of carbonyl (C=O) groups excluding carboxylic acids is 3. The maximum Gasteiger partial charge on any atom is 0.419 e. The number of aliphatic imine (C=N–C) groups is 1. The Morgan fingerprint density at radius 2 is 1.62 bits per heavy atom. The summed E-state index contributed by atoms with van der Waals surface area (Å²) < 4.78 is 18.7. The number of hydrogen-bond acceptors (Lipinski definition) is 8. The van der Waals surface area contributed by atoms with Crippen molar-refractivity contribution in [1.82, 2.24) is 14.5 Å². The molecular formula is C35H50N4O6. The Hall–Kier alpha value is -4.21. The second-order valence-corrected chi connectivity index (χ2v) is 12.9. The Balaban J connectivity index is 2.47. The molecule has 1 heterocycles. The largest absolute Gasteiger partial charge is 0.454 e. The number of carbonyl (C=O) groups is 3. The van der Waals surface area contributed by atoms with Gasteiger partial charge in [-0.2, -0.15) is 0 Å². The highest BCUT2D eigenvalue weighted by Gasteiger charge is 2.33. The first-order valence-electron chi connectivity index (χ1n) is 15.4. The Kier molecular flexibility index (Phi) is 13.8. The fraction of sp³-hybridized carbons (Fsp3) is 0.514. The number of imide groups is 1. The monoisotopic (exact) mass is 622 g/mol. The maximum atomic E-state index is 13.7. The SMILES string of the molecule is C/C=C\N=C(C)n1cnc(/C(=C/CC(CCC)CN(C(=O)OC(C)(C)C)C(=O)OC(C)(C)C)C(=O)O[C@H](C)c2ccccc2)c1. The number of hydrogen-bond donors (Lipinski definition) is 0. The van der Waals surface area contributed by atoms with Gasteiger partial charge in [0.05, 0.1) is 11.3 Å². The van der Waals surface area contributed by atoms with E-state index in [9.17, 15) is 14.4 Å². The number of benzene rings is 1. The Morgan fingerprint density at radius 1 is 1.02 bits per heavy atom. The van der Waals surface area contributed by atoms with Crippen molar-refractivity contribution in [3.05, 3.63) is 72.5 Å². The van der Waals surface area contributed by atoms with Crippen molar-refractivity contribution in [2.24, 2.45) is 10.9 Å². The summed E-state index contributed by atoms with van der Waals surface area (Å²) >= 11 is 0. The van der Waals surface area contributed by atoms with E-state index in [1.54, 1.807) is 70.9 Å². The molecular weight excluding hydrogens is 572 g/mol. The van der Waals surface area contributed by atoms with Gasteiger partial charge in [0.1, 0.15) is 29.5 Å². The van der Waals surface area contributed by atoms with E-state index in [4.69, 9.17) is 14.2 Å². The zero-order chi connectivity index (χ0) is 33.8. The van der Waals surface area contributed by atoms with E-state index < -0.39 is 35.5 Å². The molecule has 1 unspecified atom stereocenters. The molecule has 10 heteroatoms. The normalized spacial score (nSPS) is 14.2. The molecule has 45 heavy (non-hydrogen) atoms. The number of imidazole rings is 1. The molecule has 0 aliphatic carbocycles. The Morgan fingerprint density at radius 3 is 2.16 bits per heavy atom. The zero-order valence-corrected chi connectivity index (χ0v) is 28.5. The molecule has 1 aromatic carbocycles. The summed E-state index contributed by atoms with van der Waals surface area (Å²) in [6.07, 6.45) is 8.34. The van der Waals surface area contributed by atoms with Gasteiger partial charge in [-0.3, -0.25) is 4.57 Å². The van der Waals surface area contributed by atoms with Gasteiger partial charge in [-0.05, 0) is 86.6 Å². The van der Waals surface area contributed by atoms with E-state index in [1.807, 2.05) is 64.1 Å². The molecule has 0 saturated carbocycles. The number of esters is 1. The van der Waals surface area contributed by atoms with Gasteiger partial charge < -0.3 is 14.2 Å². The Labute approximate surface area is 268 Å². The second-order valence-electron chi connectivity index (χ2n) is 12.9. The lowest BCUT2D eigenvalue weighted by molar-refractivity contribution is -0.141. The van der Waals surface area contributed by atoms with Crippen LogP contribution in [-0.4, -0.2) is 56.2 Å². The van der Waals surface area contributed by atoms with Crippen molar-refractivity contribution in [2.75, 3.05) is 6.54 Å². The van der Waals surface area contributed by atoms with Gasteiger partial charge in [-0.15, -0.1) is 0 Å². The summed E-state index contributed by atoms with van der Waals surface area (Å²) in [5.41, 5.74) is -0.0628. The summed E-state index contributed by atoms with van der Waals surface area (Å²) in [5.74, 6) is -0.0676. The smallest absolute Gasteiger partial charge is 0.419 e. The Bertz CT molecular complexity index is 1330. The molecule has 0 bridgehead atoms. The summed E-state index contributed by atoms with van der Waals surface area (Å²) in [6, 6.07) is 9.48. The zero-order valence-electron chi connectivity index (χ0n) is 28.5. The van der Waals surface area contributed by atoms with Crippen molar-refractivity contribution in [3.8, 4) is 0 Å². The van der Waals surface area contributed by atoms with Crippen LogP contribution in [0, 0.1) is 5.92 Å². The molecule has 0 saturated heterocycles. The van der Waals surface area contributed by atoms with Crippen LogP contribution >= 0.6 is 0 Å². The average molecular weight is 623 g/mol. The molecule has 0 fully saturated rings. The molecule has 246 valence electrons. The fourth-order valence-electron chi connectivity index (χ4n) is 4.29. The van der Waals surface area contributed by atoms with Crippen molar-refractivity contribution >= 4 is 29.6 Å². The molecule has 0 aliphatic heterocycles. The molecule has 0 spiro atoms. The summed E-state index contributed by atoms with van der Waals surface area (Å²) in [6.45, 7) is 18.0. The molecule has 2 rings (SSSR count). The van der Waals surface area contributed by atoms with Crippen LogP contribution in [0.5, 0.6) is 0 Å². The van der Waals surface area contributed by atoms with Gasteiger partial charge in [-0.25, -0.2) is 29.3 Å². The van der Waals surface area contributed by atoms with E-state index in [0.717, 1.165) is 16.9 Å². The van der Waals surface area contributed by atoms with Crippen LogP contribution < -0.4 is 0 Å². The molecule has 10 nitrogen and oxygen atoms in total. The van der Waals surface area contributed by atoms with Crippen molar-refractivity contribution in [2.45, 2.75) is 106 Å². The lowest BCUT2D eigenvalue weighted by Gasteiger charge is -2.30. The standard InChI is InChI=1S/C35H50N4O6/c1-11-16-27(22-39(32(41)44-34(5,6)7)33(42)45-35(8,9)10)19-20-29(30-23-38(24-37-30)26(4)36-21-12-2)31(40)43-25(3)28-17-14-13-15-18-28/h12-15,17-18,20-21,23-25,27H,11,16,19,22H2,1-10H3/b21-12-,29-20-,36-26?/t25-,27?/m1/s1. The molecule has 2 aromatic rings. The van der Waals surface area contributed by atoms with Crippen LogP contribution in [0.2, 0.25) is 0 Å². The van der Waals surface area contributed by atoms with Gasteiger partial charge in [0.2, 0.25) is 0 Å². The molecule has 2 atom stereocenters. The summed E-state index contributed by atoms with van der Waals surface area (Å²) in [5, 5.41) is 0. The number of rotatable bonds is 11. The third-order valence-electron chi connectivity index (χ3n) is 6.44. The van der Waals surface area contributed by atoms with Gasteiger partial charge in [-0.1, -0.05) is 55.8 Å². The minimum atomic E-state index is -0.808. The molecule has 0 N–H and O–H groups in total. The molecule has 0 aliphatic rings. The summed E-state index contributed by atoms with van der Waals surface area (Å²) in [7, 11) is 0. The minimum Gasteiger partial charge on any atom is -0.454 e. The van der Waals surface area contributed by atoms with E-state index in [-0.39, 0.29) is 18.0 Å². The van der Waals surface area contributed by atoms with Crippen LogP contribution in [0.1, 0.15) is 106 Å². The first kappa shape index (κ1) is 37.0. The molecule has 1 aromatic heterocycles. The first-order chi connectivity index (χ1) is 21.0. The van der Waals surface area contributed by atoms with Crippen LogP contribution in [0.15, 0.2) is 66.2 Å². The van der Waals surface area contributed by atoms with Crippen LogP contribution in [0.3, 0.4) is 0 Å². The second kappa shape index (κ2) is 16.7. The number of allylic oxidation sites excluding steroid dienone is 2. The van der Waals surface area contributed by atoms with E-state index in [0.29, 0.717) is 24.4 Å². The highest BCUT2D eigenvalue weighted by Crippen LogP contribution is 2.25. The number of amides is 2. The highest BCUT2D eigenvalue weighted by atomic mass is 16.6. The minimum absolute atomic E-state index is 0.0421. The molecule has 0 radical (unpaired) electrons. The highest BCUT2D eigenvalue weighted by molar-refractivity contribution is 6.16. The quantitative estimate of drug-likeness (QED) is 0.0814. The van der Waals surface area contributed by atoms with Crippen LogP contribution in [0.4, 0.5) is 9.59 Å². The number of aromatic nitrogens is 2. The lowest BCUT2D eigenvalue weighted by atomic mass is 9.97. The topological polar surface area (TPSA) is 112 Å². The fourth-order valence-corrected chi connectivity index (χ4v) is 4.29. The van der Waals surface area contributed by atoms with Gasteiger partial charge >= 0.3 is 18.2 Å². The first-order valence-corrected chi connectivity index (χ1v) is 15.4. The third kappa shape index (κ3) is 12.7. The summed E-state index contributed by atoms with van der Waals surface area (Å²) in [4.78, 5) is 49.9. The van der Waals surface area contributed by atoms with Crippen LogP contribution in [-0.2, 0) is 19.0 Å². The number of nitrogens with zero attached hydrogens (tertiary/aromatic N) is 4.